The molecule has 3 N–H and O–H groups in total. The SMILES string of the molecule is O=C(NCCNC(=O)C1CCCCC1)c1cccc(NC(=O)c2ccc(Br)o2)c1. The van der Waals surface area contributed by atoms with E-state index in [1.807, 2.05) is 0 Å². The molecule has 3 amide bonds. The van der Waals surface area contributed by atoms with Crippen LogP contribution in [0.4, 0.5) is 5.69 Å². The normalized spacial score (nSPS) is 14.2. The Bertz CT molecular complexity index is 874. The van der Waals surface area contributed by atoms with Crippen molar-refractivity contribution < 1.29 is 18.8 Å². The lowest BCUT2D eigenvalue weighted by atomic mass is 9.89. The van der Waals surface area contributed by atoms with Crippen molar-refractivity contribution in [3.8, 4) is 0 Å². The van der Waals surface area contributed by atoms with Gasteiger partial charge in [0.1, 0.15) is 0 Å². The number of hydrogen-bond donors (Lipinski definition) is 3. The van der Waals surface area contributed by atoms with Gasteiger partial charge in [-0.1, -0.05) is 25.3 Å². The molecule has 0 atom stereocenters. The van der Waals surface area contributed by atoms with Crippen LogP contribution in [0.25, 0.3) is 0 Å². The molecule has 2 aromatic rings. The number of anilines is 1. The van der Waals surface area contributed by atoms with E-state index in [0.29, 0.717) is 29.0 Å². The van der Waals surface area contributed by atoms with Crippen LogP contribution < -0.4 is 16.0 Å². The van der Waals surface area contributed by atoms with Gasteiger partial charge in [0, 0.05) is 30.3 Å². The maximum absolute atomic E-state index is 12.3. The van der Waals surface area contributed by atoms with E-state index < -0.39 is 5.91 Å². The molecule has 29 heavy (non-hydrogen) atoms. The molecule has 3 rings (SSSR count). The summed E-state index contributed by atoms with van der Waals surface area (Å²) in [5.41, 5.74) is 0.905. The summed E-state index contributed by atoms with van der Waals surface area (Å²) in [6.07, 6.45) is 5.33. The molecule has 1 saturated carbocycles. The molecule has 0 spiro atoms. The first kappa shape index (κ1) is 21.1. The Kier molecular flexibility index (Phi) is 7.46. The van der Waals surface area contributed by atoms with Gasteiger partial charge in [0.2, 0.25) is 5.91 Å². The molecule has 1 aromatic carbocycles. The third kappa shape index (κ3) is 6.19. The third-order valence-electron chi connectivity index (χ3n) is 4.87. The lowest BCUT2D eigenvalue weighted by Gasteiger charge is -2.20. The fourth-order valence-corrected chi connectivity index (χ4v) is 3.65. The van der Waals surface area contributed by atoms with E-state index in [4.69, 9.17) is 4.42 Å². The van der Waals surface area contributed by atoms with Crippen LogP contribution in [0.15, 0.2) is 45.5 Å². The maximum Gasteiger partial charge on any atom is 0.291 e. The van der Waals surface area contributed by atoms with Crippen LogP contribution in [0, 0.1) is 5.92 Å². The average Bonchev–Trinajstić information content (AvgIpc) is 3.18. The molecule has 8 heteroatoms. The molecule has 1 fully saturated rings. The number of benzene rings is 1. The lowest BCUT2D eigenvalue weighted by molar-refractivity contribution is -0.125. The predicted octanol–water partition coefficient (Wildman–Crippen LogP) is 3.72. The topological polar surface area (TPSA) is 100 Å². The molecule has 1 aliphatic carbocycles. The number of rotatable bonds is 7. The minimum Gasteiger partial charge on any atom is -0.444 e. The summed E-state index contributed by atoms with van der Waals surface area (Å²) in [6.45, 7) is 0.735. The first-order chi connectivity index (χ1) is 14.0. The molecular formula is C21H24BrN3O4. The quantitative estimate of drug-likeness (QED) is 0.546. The Hall–Kier alpha value is -2.61. The number of hydrogen-bond acceptors (Lipinski definition) is 4. The van der Waals surface area contributed by atoms with Crippen LogP contribution in [0.2, 0.25) is 0 Å². The average molecular weight is 462 g/mol. The zero-order valence-electron chi connectivity index (χ0n) is 16.0. The van der Waals surface area contributed by atoms with Crippen molar-refractivity contribution in [1.29, 1.82) is 0 Å². The minimum absolute atomic E-state index is 0.0771. The van der Waals surface area contributed by atoms with Gasteiger partial charge >= 0.3 is 0 Å². The number of amides is 3. The van der Waals surface area contributed by atoms with E-state index >= 15 is 0 Å². The zero-order valence-corrected chi connectivity index (χ0v) is 17.6. The highest BCUT2D eigenvalue weighted by atomic mass is 79.9. The smallest absolute Gasteiger partial charge is 0.291 e. The molecule has 0 unspecified atom stereocenters. The van der Waals surface area contributed by atoms with Crippen molar-refractivity contribution in [2.75, 3.05) is 18.4 Å². The largest absolute Gasteiger partial charge is 0.444 e. The second-order valence-electron chi connectivity index (χ2n) is 7.02. The van der Waals surface area contributed by atoms with E-state index in [1.54, 1.807) is 36.4 Å². The molecule has 1 aliphatic rings. The Morgan fingerprint density at radius 2 is 1.72 bits per heavy atom. The summed E-state index contributed by atoms with van der Waals surface area (Å²) < 4.78 is 5.68. The van der Waals surface area contributed by atoms with Crippen molar-refractivity contribution in [1.82, 2.24) is 10.6 Å². The number of nitrogens with one attached hydrogen (secondary N) is 3. The fourth-order valence-electron chi connectivity index (χ4n) is 3.34. The van der Waals surface area contributed by atoms with Crippen molar-refractivity contribution in [2.24, 2.45) is 5.92 Å². The van der Waals surface area contributed by atoms with Crippen LogP contribution in [0.1, 0.15) is 53.0 Å². The predicted molar refractivity (Wildman–Crippen MR) is 113 cm³/mol. The Morgan fingerprint density at radius 3 is 2.45 bits per heavy atom. The molecule has 1 aromatic heterocycles. The summed E-state index contributed by atoms with van der Waals surface area (Å²) in [7, 11) is 0. The highest BCUT2D eigenvalue weighted by Gasteiger charge is 2.20. The molecule has 0 radical (unpaired) electrons. The lowest BCUT2D eigenvalue weighted by Crippen LogP contribution is -2.38. The van der Waals surface area contributed by atoms with Gasteiger partial charge in [0.05, 0.1) is 0 Å². The van der Waals surface area contributed by atoms with Gasteiger partial charge in [0.25, 0.3) is 11.8 Å². The Morgan fingerprint density at radius 1 is 0.966 bits per heavy atom. The molecule has 1 heterocycles. The Balaban J connectivity index is 1.45. The minimum atomic E-state index is -0.404. The van der Waals surface area contributed by atoms with Crippen LogP contribution in [-0.4, -0.2) is 30.8 Å². The highest BCUT2D eigenvalue weighted by molar-refractivity contribution is 9.10. The number of carbonyl (C=O) groups is 3. The van der Waals surface area contributed by atoms with Crippen LogP contribution >= 0.6 is 15.9 Å². The van der Waals surface area contributed by atoms with E-state index in [-0.39, 0.29) is 23.5 Å². The first-order valence-electron chi connectivity index (χ1n) is 9.75. The fraction of sp³-hybridized carbons (Fsp3) is 0.381. The van der Waals surface area contributed by atoms with E-state index in [9.17, 15) is 14.4 Å². The zero-order chi connectivity index (χ0) is 20.6. The second kappa shape index (κ2) is 10.2. The van der Waals surface area contributed by atoms with Gasteiger partial charge in [-0.3, -0.25) is 14.4 Å². The number of carbonyl (C=O) groups excluding carboxylic acids is 3. The maximum atomic E-state index is 12.3. The van der Waals surface area contributed by atoms with Crippen LogP contribution in [-0.2, 0) is 4.79 Å². The number of furan rings is 1. The van der Waals surface area contributed by atoms with E-state index in [2.05, 4.69) is 31.9 Å². The molecular weight excluding hydrogens is 438 g/mol. The summed E-state index contributed by atoms with van der Waals surface area (Å²) in [5.74, 6) is -0.323. The molecule has 7 nitrogen and oxygen atoms in total. The van der Waals surface area contributed by atoms with Gasteiger partial charge in [-0.15, -0.1) is 0 Å². The molecule has 0 bridgehead atoms. The Labute approximate surface area is 177 Å². The summed E-state index contributed by atoms with van der Waals surface area (Å²) >= 11 is 3.15. The first-order valence-corrected chi connectivity index (χ1v) is 10.5. The van der Waals surface area contributed by atoms with Gasteiger partial charge in [-0.25, -0.2) is 0 Å². The van der Waals surface area contributed by atoms with Crippen molar-refractivity contribution in [3.05, 3.63) is 52.4 Å². The van der Waals surface area contributed by atoms with Gasteiger partial charge in [-0.05, 0) is 59.1 Å². The molecule has 0 saturated heterocycles. The van der Waals surface area contributed by atoms with Gasteiger partial charge in [0.15, 0.2) is 10.4 Å². The monoisotopic (exact) mass is 461 g/mol. The van der Waals surface area contributed by atoms with Crippen molar-refractivity contribution in [3.63, 3.8) is 0 Å². The van der Waals surface area contributed by atoms with Crippen molar-refractivity contribution >= 4 is 39.3 Å². The van der Waals surface area contributed by atoms with Crippen molar-refractivity contribution in [2.45, 2.75) is 32.1 Å². The van der Waals surface area contributed by atoms with Gasteiger partial charge < -0.3 is 20.4 Å². The van der Waals surface area contributed by atoms with Crippen LogP contribution in [0.3, 0.4) is 0 Å². The summed E-state index contributed by atoms with van der Waals surface area (Å²) in [5, 5.41) is 8.37. The van der Waals surface area contributed by atoms with Crippen LogP contribution in [0.5, 0.6) is 0 Å². The van der Waals surface area contributed by atoms with E-state index in [0.717, 1.165) is 25.7 Å². The molecule has 0 aliphatic heterocycles. The standard InChI is InChI=1S/C21H24BrN3O4/c22-18-10-9-17(29-18)21(28)25-16-8-4-7-15(13-16)20(27)24-12-11-23-19(26)14-5-2-1-3-6-14/h4,7-10,13-14H,1-3,5-6,11-12H2,(H,23,26)(H,24,27)(H,25,28). The van der Waals surface area contributed by atoms with Gasteiger partial charge in [-0.2, -0.15) is 0 Å². The number of halogens is 1. The van der Waals surface area contributed by atoms with E-state index in [1.165, 1.54) is 6.42 Å². The second-order valence-corrected chi connectivity index (χ2v) is 7.80. The third-order valence-corrected chi connectivity index (χ3v) is 5.29. The summed E-state index contributed by atoms with van der Waals surface area (Å²) in [6, 6.07) is 9.81. The summed E-state index contributed by atoms with van der Waals surface area (Å²) in [4.78, 5) is 36.6. The highest BCUT2D eigenvalue weighted by Crippen LogP contribution is 2.23. The molecule has 154 valence electrons.